The van der Waals surface area contributed by atoms with Gasteiger partial charge in [0.1, 0.15) is 0 Å². The Morgan fingerprint density at radius 3 is 2.46 bits per heavy atom. The SMILES string of the molecule is CCC1=C(C(=O)OC)[C@H](c2ccc(C)cc2C)N2C(CC(=O)N3CCN(Cc4ccccc4)CC3)=CSC2=N1. The number of methoxy groups -OCH3 is 1. The van der Waals surface area contributed by atoms with E-state index in [4.69, 9.17) is 9.73 Å². The van der Waals surface area contributed by atoms with Gasteiger partial charge < -0.3 is 14.5 Å². The molecule has 7 nitrogen and oxygen atoms in total. The van der Waals surface area contributed by atoms with Crippen molar-refractivity contribution in [3.63, 3.8) is 0 Å². The van der Waals surface area contributed by atoms with Gasteiger partial charge in [-0.2, -0.15) is 0 Å². The number of fused-ring (bicyclic) bond motifs is 1. The number of amidine groups is 1. The molecule has 8 heteroatoms. The van der Waals surface area contributed by atoms with Crippen molar-refractivity contribution in [3.8, 4) is 0 Å². The van der Waals surface area contributed by atoms with Crippen LogP contribution in [-0.2, 0) is 20.9 Å². The van der Waals surface area contributed by atoms with Crippen LogP contribution in [0.5, 0.6) is 0 Å². The first-order valence-electron chi connectivity index (χ1n) is 13.6. The average Bonchev–Trinajstić information content (AvgIpc) is 3.34. The number of carbonyl (C=O) groups is 2. The van der Waals surface area contributed by atoms with E-state index in [1.165, 1.54) is 24.4 Å². The second-order valence-corrected chi connectivity index (χ2v) is 11.1. The number of esters is 1. The Kier molecular flexibility index (Phi) is 8.23. The Bertz CT molecular complexity index is 1340. The van der Waals surface area contributed by atoms with Gasteiger partial charge in [0.15, 0.2) is 5.17 Å². The van der Waals surface area contributed by atoms with Crippen LogP contribution in [-0.4, -0.2) is 65.0 Å². The van der Waals surface area contributed by atoms with Gasteiger partial charge in [0, 0.05) is 38.4 Å². The van der Waals surface area contributed by atoms with E-state index in [2.05, 4.69) is 66.1 Å². The molecule has 2 aromatic rings. The molecule has 5 rings (SSSR count). The molecule has 204 valence electrons. The molecule has 0 aliphatic carbocycles. The van der Waals surface area contributed by atoms with Gasteiger partial charge in [0.05, 0.1) is 30.8 Å². The van der Waals surface area contributed by atoms with Crippen LogP contribution in [0.1, 0.15) is 48.1 Å². The summed E-state index contributed by atoms with van der Waals surface area (Å²) in [6.45, 7) is 10.2. The summed E-state index contributed by atoms with van der Waals surface area (Å²) < 4.78 is 5.25. The third-order valence-electron chi connectivity index (χ3n) is 7.66. The van der Waals surface area contributed by atoms with Crippen LogP contribution >= 0.6 is 11.8 Å². The summed E-state index contributed by atoms with van der Waals surface area (Å²) in [6, 6.07) is 16.4. The third kappa shape index (κ3) is 5.68. The second-order valence-electron chi connectivity index (χ2n) is 10.3. The van der Waals surface area contributed by atoms with E-state index < -0.39 is 6.04 Å². The predicted molar refractivity (Wildman–Crippen MR) is 156 cm³/mol. The smallest absolute Gasteiger partial charge is 0.338 e. The molecule has 0 spiro atoms. The molecule has 1 atom stereocenters. The van der Waals surface area contributed by atoms with Gasteiger partial charge >= 0.3 is 5.97 Å². The molecule has 0 unspecified atom stereocenters. The van der Waals surface area contributed by atoms with Crippen LogP contribution < -0.4 is 0 Å². The minimum Gasteiger partial charge on any atom is -0.466 e. The summed E-state index contributed by atoms with van der Waals surface area (Å²) in [6.07, 6.45) is 0.882. The molecule has 2 aromatic carbocycles. The summed E-state index contributed by atoms with van der Waals surface area (Å²) in [5.41, 5.74) is 6.73. The highest BCUT2D eigenvalue weighted by molar-refractivity contribution is 8.16. The monoisotopic (exact) mass is 544 g/mol. The number of nitrogens with zero attached hydrogens (tertiary/aromatic N) is 4. The number of allylic oxidation sites excluding steroid dienone is 1. The summed E-state index contributed by atoms with van der Waals surface area (Å²) in [5, 5.41) is 2.83. The minimum atomic E-state index is -0.391. The fourth-order valence-corrected chi connectivity index (χ4v) is 6.54. The highest BCUT2D eigenvalue weighted by atomic mass is 32.2. The Morgan fingerprint density at radius 1 is 1.05 bits per heavy atom. The number of piperazine rings is 1. The number of rotatable bonds is 7. The Hall–Kier alpha value is -3.36. The summed E-state index contributed by atoms with van der Waals surface area (Å²) in [7, 11) is 1.41. The van der Waals surface area contributed by atoms with Crippen molar-refractivity contribution >= 4 is 28.8 Å². The maximum absolute atomic E-state index is 13.5. The van der Waals surface area contributed by atoms with E-state index in [1.807, 2.05) is 23.3 Å². The number of benzene rings is 2. The molecule has 0 saturated carbocycles. The average molecular weight is 545 g/mol. The Labute approximate surface area is 235 Å². The van der Waals surface area contributed by atoms with Gasteiger partial charge in [-0.3, -0.25) is 9.69 Å². The first-order valence-corrected chi connectivity index (χ1v) is 14.4. The van der Waals surface area contributed by atoms with E-state index in [-0.39, 0.29) is 18.3 Å². The molecule has 1 fully saturated rings. The molecular weight excluding hydrogens is 508 g/mol. The first-order chi connectivity index (χ1) is 18.9. The number of thioether (sulfide) groups is 1. The van der Waals surface area contributed by atoms with Crippen LogP contribution in [0, 0.1) is 13.8 Å². The van der Waals surface area contributed by atoms with Crippen LogP contribution in [0.15, 0.2) is 75.9 Å². The van der Waals surface area contributed by atoms with Crippen LogP contribution in [0.4, 0.5) is 0 Å². The Balaban J connectivity index is 1.35. The normalized spacial score (nSPS) is 19.5. The minimum absolute atomic E-state index is 0.103. The summed E-state index contributed by atoms with van der Waals surface area (Å²) >= 11 is 1.52. The van der Waals surface area contributed by atoms with Crippen LogP contribution in [0.25, 0.3) is 0 Å². The third-order valence-corrected chi connectivity index (χ3v) is 8.54. The lowest BCUT2D eigenvalue weighted by molar-refractivity contribution is -0.136. The van der Waals surface area contributed by atoms with Crippen molar-refractivity contribution in [2.75, 3.05) is 33.3 Å². The molecule has 3 heterocycles. The number of aliphatic imine (C=N–C) groups is 1. The van der Waals surface area contributed by atoms with Crippen molar-refractivity contribution in [2.45, 2.75) is 46.2 Å². The molecule has 0 bridgehead atoms. The van der Waals surface area contributed by atoms with E-state index in [0.717, 1.165) is 52.9 Å². The lowest BCUT2D eigenvalue weighted by Crippen LogP contribution is -2.48. The topological polar surface area (TPSA) is 65.5 Å². The number of ether oxygens (including phenoxy) is 1. The first kappa shape index (κ1) is 27.2. The molecule has 39 heavy (non-hydrogen) atoms. The fourth-order valence-electron chi connectivity index (χ4n) is 5.60. The summed E-state index contributed by atoms with van der Waals surface area (Å²) in [5.74, 6) is -0.275. The largest absolute Gasteiger partial charge is 0.466 e. The zero-order chi connectivity index (χ0) is 27.5. The van der Waals surface area contributed by atoms with E-state index in [1.54, 1.807) is 0 Å². The van der Waals surface area contributed by atoms with Gasteiger partial charge in [-0.1, -0.05) is 72.8 Å². The standard InChI is InChI=1S/C31H36N4O3S/c1-5-26-28(30(37)38-4)29(25-12-11-21(2)17-22(25)3)35-24(20-39-31(35)32-26)18-27(36)34-15-13-33(14-16-34)19-23-9-7-6-8-10-23/h6-12,17,20,29H,5,13-16,18-19H2,1-4H3/t29-/m0/s1. The number of hydrogen-bond donors (Lipinski definition) is 0. The van der Waals surface area contributed by atoms with Crippen molar-refractivity contribution in [2.24, 2.45) is 4.99 Å². The molecule has 1 amide bonds. The van der Waals surface area contributed by atoms with Crippen LogP contribution in [0.2, 0.25) is 0 Å². The zero-order valence-electron chi connectivity index (χ0n) is 23.1. The molecule has 3 aliphatic rings. The van der Waals surface area contributed by atoms with Crippen molar-refractivity contribution in [1.82, 2.24) is 14.7 Å². The van der Waals surface area contributed by atoms with Crippen molar-refractivity contribution in [1.29, 1.82) is 0 Å². The Morgan fingerprint density at radius 2 is 1.79 bits per heavy atom. The number of aryl methyl sites for hydroxylation is 2. The fraction of sp³-hybridized carbons (Fsp3) is 0.387. The van der Waals surface area contributed by atoms with E-state index in [9.17, 15) is 9.59 Å². The molecule has 0 aromatic heterocycles. The van der Waals surface area contributed by atoms with Crippen molar-refractivity contribution < 1.29 is 14.3 Å². The maximum atomic E-state index is 13.5. The van der Waals surface area contributed by atoms with Gasteiger partial charge in [-0.05, 0) is 42.4 Å². The second kappa shape index (κ2) is 11.8. The highest BCUT2D eigenvalue weighted by Gasteiger charge is 2.42. The zero-order valence-corrected chi connectivity index (χ0v) is 24.0. The molecule has 1 saturated heterocycles. The van der Waals surface area contributed by atoms with Crippen molar-refractivity contribution in [3.05, 3.63) is 93.2 Å². The quantitative estimate of drug-likeness (QED) is 0.448. The van der Waals surface area contributed by atoms with E-state index >= 15 is 0 Å². The predicted octanol–water partition coefficient (Wildman–Crippen LogP) is 5.18. The van der Waals surface area contributed by atoms with Gasteiger partial charge in [0.25, 0.3) is 0 Å². The molecule has 0 radical (unpaired) electrons. The van der Waals surface area contributed by atoms with Gasteiger partial charge in [0.2, 0.25) is 5.91 Å². The summed E-state index contributed by atoms with van der Waals surface area (Å²) in [4.78, 5) is 38.0. The van der Waals surface area contributed by atoms with E-state index in [0.29, 0.717) is 25.1 Å². The van der Waals surface area contributed by atoms with Crippen LogP contribution in [0.3, 0.4) is 0 Å². The lowest BCUT2D eigenvalue weighted by Gasteiger charge is -2.38. The molecule has 3 aliphatic heterocycles. The number of hydrogen-bond acceptors (Lipinski definition) is 7. The molecular formula is C31H36N4O3S. The maximum Gasteiger partial charge on any atom is 0.338 e. The van der Waals surface area contributed by atoms with Gasteiger partial charge in [-0.25, -0.2) is 9.79 Å². The lowest BCUT2D eigenvalue weighted by atomic mass is 9.89. The number of amides is 1. The highest BCUT2D eigenvalue weighted by Crippen LogP contribution is 2.46. The van der Waals surface area contributed by atoms with Gasteiger partial charge in [-0.15, -0.1) is 0 Å². The molecule has 0 N–H and O–H groups in total. The number of carbonyl (C=O) groups excluding carboxylic acids is 2.